The van der Waals surface area contributed by atoms with E-state index < -0.39 is 16.9 Å². The number of nitrogens with zero attached hydrogens (tertiary/aromatic N) is 3. The van der Waals surface area contributed by atoms with Crippen LogP contribution in [0.1, 0.15) is 18.1 Å². The molecule has 2 aromatic rings. The molecule has 2 rings (SSSR count). The van der Waals surface area contributed by atoms with E-state index in [1.807, 2.05) is 6.07 Å². The Morgan fingerprint density at radius 1 is 1.32 bits per heavy atom. The zero-order valence-corrected chi connectivity index (χ0v) is 13.2. The fraction of sp³-hybridized carbons (Fsp3) is 0.118. The minimum atomic E-state index is -0.837. The third-order valence-electron chi connectivity index (χ3n) is 3.18. The maximum absolute atomic E-state index is 11.9. The molecule has 25 heavy (non-hydrogen) atoms. The summed E-state index contributed by atoms with van der Waals surface area (Å²) in [5, 5.41) is 23.3. The van der Waals surface area contributed by atoms with Crippen molar-refractivity contribution < 1.29 is 14.5 Å². The number of hydrogen-bond acceptors (Lipinski definition) is 6. The summed E-state index contributed by atoms with van der Waals surface area (Å²) in [6.07, 6.45) is 0.362. The monoisotopic (exact) mass is 338 g/mol. The van der Waals surface area contributed by atoms with Gasteiger partial charge < -0.3 is 4.74 Å². The SMILES string of the molecule is CC(Oc1ccc(C#N)cc1)C(=O)NN=Cc1ccccc1[N+](=O)[O-]. The van der Waals surface area contributed by atoms with Crippen LogP contribution in [0.5, 0.6) is 5.75 Å². The Balaban J connectivity index is 1.95. The summed E-state index contributed by atoms with van der Waals surface area (Å²) in [4.78, 5) is 22.3. The van der Waals surface area contributed by atoms with E-state index in [2.05, 4.69) is 10.5 Å². The lowest BCUT2D eigenvalue weighted by Gasteiger charge is -2.12. The van der Waals surface area contributed by atoms with Gasteiger partial charge >= 0.3 is 0 Å². The molecular formula is C17H14N4O4. The Bertz CT molecular complexity index is 840. The van der Waals surface area contributed by atoms with E-state index in [4.69, 9.17) is 10.00 Å². The lowest BCUT2D eigenvalue weighted by molar-refractivity contribution is -0.385. The Hall–Kier alpha value is -3.73. The zero-order valence-electron chi connectivity index (χ0n) is 13.2. The smallest absolute Gasteiger partial charge is 0.280 e. The molecule has 0 radical (unpaired) electrons. The van der Waals surface area contributed by atoms with Crippen molar-refractivity contribution in [2.45, 2.75) is 13.0 Å². The number of rotatable bonds is 6. The quantitative estimate of drug-likeness (QED) is 0.493. The lowest BCUT2D eigenvalue weighted by atomic mass is 10.2. The molecule has 0 bridgehead atoms. The summed E-state index contributed by atoms with van der Waals surface area (Å²) in [5.74, 6) is -0.0801. The number of nitrogens with one attached hydrogen (secondary N) is 1. The number of para-hydroxylation sites is 1. The second-order valence-corrected chi connectivity index (χ2v) is 4.95. The molecular weight excluding hydrogens is 324 g/mol. The van der Waals surface area contributed by atoms with Crippen molar-refractivity contribution in [1.29, 1.82) is 5.26 Å². The highest BCUT2D eigenvalue weighted by Gasteiger charge is 2.14. The van der Waals surface area contributed by atoms with Crippen LogP contribution in [-0.4, -0.2) is 23.1 Å². The number of benzene rings is 2. The van der Waals surface area contributed by atoms with Gasteiger partial charge in [-0.05, 0) is 37.3 Å². The average molecular weight is 338 g/mol. The maximum Gasteiger partial charge on any atom is 0.280 e. The van der Waals surface area contributed by atoms with Gasteiger partial charge in [0.05, 0.1) is 28.3 Å². The lowest BCUT2D eigenvalue weighted by Crippen LogP contribution is -2.33. The van der Waals surface area contributed by atoms with Crippen LogP contribution < -0.4 is 10.2 Å². The van der Waals surface area contributed by atoms with Crippen molar-refractivity contribution in [1.82, 2.24) is 5.43 Å². The maximum atomic E-state index is 11.9. The van der Waals surface area contributed by atoms with Crippen molar-refractivity contribution in [3.63, 3.8) is 0 Å². The van der Waals surface area contributed by atoms with E-state index in [0.717, 1.165) is 0 Å². The van der Waals surface area contributed by atoms with Gasteiger partial charge in [0.1, 0.15) is 5.75 Å². The number of nitriles is 1. The highest BCUT2D eigenvalue weighted by molar-refractivity contribution is 5.87. The summed E-state index contributed by atoms with van der Waals surface area (Å²) >= 11 is 0. The first-order valence-electron chi connectivity index (χ1n) is 7.24. The van der Waals surface area contributed by atoms with Crippen LogP contribution in [0.15, 0.2) is 53.6 Å². The van der Waals surface area contributed by atoms with E-state index in [9.17, 15) is 14.9 Å². The molecule has 1 atom stereocenters. The summed E-state index contributed by atoms with van der Waals surface area (Å²) < 4.78 is 5.44. The minimum Gasteiger partial charge on any atom is -0.481 e. The Morgan fingerprint density at radius 3 is 2.64 bits per heavy atom. The van der Waals surface area contributed by atoms with Crippen molar-refractivity contribution in [2.75, 3.05) is 0 Å². The van der Waals surface area contributed by atoms with Gasteiger partial charge in [-0.15, -0.1) is 0 Å². The van der Waals surface area contributed by atoms with Crippen LogP contribution >= 0.6 is 0 Å². The first-order chi connectivity index (χ1) is 12.0. The summed E-state index contributed by atoms with van der Waals surface area (Å²) in [7, 11) is 0. The van der Waals surface area contributed by atoms with Gasteiger partial charge in [-0.2, -0.15) is 10.4 Å². The van der Waals surface area contributed by atoms with Gasteiger partial charge in [0, 0.05) is 6.07 Å². The third kappa shape index (κ3) is 4.87. The van der Waals surface area contributed by atoms with Crippen molar-refractivity contribution >= 4 is 17.8 Å². The van der Waals surface area contributed by atoms with Gasteiger partial charge in [-0.1, -0.05) is 12.1 Å². The highest BCUT2D eigenvalue weighted by Crippen LogP contribution is 2.15. The largest absolute Gasteiger partial charge is 0.481 e. The summed E-state index contributed by atoms with van der Waals surface area (Å²) in [6.45, 7) is 1.54. The molecule has 0 saturated carbocycles. The van der Waals surface area contributed by atoms with Crippen LogP contribution in [0.3, 0.4) is 0 Å². The Morgan fingerprint density at radius 2 is 2.00 bits per heavy atom. The van der Waals surface area contributed by atoms with Gasteiger partial charge in [0.25, 0.3) is 11.6 Å². The fourth-order valence-electron chi connectivity index (χ4n) is 1.88. The minimum absolute atomic E-state index is 0.109. The van der Waals surface area contributed by atoms with E-state index in [1.165, 1.54) is 25.3 Å². The number of hydrogen-bond donors (Lipinski definition) is 1. The summed E-state index contributed by atoms with van der Waals surface area (Å²) in [5.41, 5.74) is 2.92. The fourth-order valence-corrected chi connectivity index (χ4v) is 1.88. The average Bonchev–Trinajstić information content (AvgIpc) is 2.62. The molecule has 126 valence electrons. The second-order valence-electron chi connectivity index (χ2n) is 4.95. The summed E-state index contributed by atoms with van der Waals surface area (Å²) in [6, 6.07) is 14.3. The van der Waals surface area contributed by atoms with Gasteiger partial charge in [-0.3, -0.25) is 14.9 Å². The molecule has 8 heteroatoms. The molecule has 0 aliphatic rings. The number of carbonyl (C=O) groups excluding carboxylic acids is 1. The molecule has 0 aliphatic carbocycles. The molecule has 1 unspecified atom stereocenters. The number of hydrazone groups is 1. The van der Waals surface area contributed by atoms with Gasteiger partial charge in [0.15, 0.2) is 6.10 Å². The molecule has 0 fully saturated rings. The number of nitro groups is 1. The van der Waals surface area contributed by atoms with Crippen LogP contribution in [0.4, 0.5) is 5.69 Å². The molecule has 0 heterocycles. The highest BCUT2D eigenvalue weighted by atomic mass is 16.6. The topological polar surface area (TPSA) is 118 Å². The van der Waals surface area contributed by atoms with E-state index in [0.29, 0.717) is 11.3 Å². The Labute approximate surface area is 143 Å². The van der Waals surface area contributed by atoms with Crippen LogP contribution in [-0.2, 0) is 4.79 Å². The zero-order chi connectivity index (χ0) is 18.2. The molecule has 2 aromatic carbocycles. The number of ether oxygens (including phenoxy) is 1. The van der Waals surface area contributed by atoms with Crippen molar-refractivity contribution in [3.05, 3.63) is 69.8 Å². The predicted molar refractivity (Wildman–Crippen MR) is 90.1 cm³/mol. The van der Waals surface area contributed by atoms with Gasteiger partial charge in [0.2, 0.25) is 0 Å². The number of carbonyl (C=O) groups is 1. The first kappa shape index (κ1) is 17.6. The van der Waals surface area contributed by atoms with Crippen LogP contribution in [0, 0.1) is 21.4 Å². The number of amides is 1. The normalized spacial score (nSPS) is 11.5. The van der Waals surface area contributed by atoms with E-state index in [1.54, 1.807) is 36.4 Å². The molecule has 1 amide bonds. The van der Waals surface area contributed by atoms with E-state index in [-0.39, 0.29) is 11.3 Å². The molecule has 8 nitrogen and oxygen atoms in total. The first-order valence-corrected chi connectivity index (χ1v) is 7.24. The standard InChI is InChI=1S/C17H14N4O4/c1-12(25-15-8-6-13(10-18)7-9-15)17(22)20-19-11-14-4-2-3-5-16(14)21(23)24/h2-9,11-12H,1H3,(H,20,22). The second kappa shape index (κ2) is 8.21. The molecule has 0 aromatic heterocycles. The van der Waals surface area contributed by atoms with Crippen molar-refractivity contribution in [2.24, 2.45) is 5.10 Å². The predicted octanol–water partition coefficient (Wildman–Crippen LogP) is 2.38. The van der Waals surface area contributed by atoms with Crippen LogP contribution in [0.25, 0.3) is 0 Å². The van der Waals surface area contributed by atoms with Crippen LogP contribution in [0.2, 0.25) is 0 Å². The van der Waals surface area contributed by atoms with Gasteiger partial charge in [-0.25, -0.2) is 5.43 Å². The molecule has 1 N–H and O–H groups in total. The van der Waals surface area contributed by atoms with E-state index >= 15 is 0 Å². The third-order valence-corrected chi connectivity index (χ3v) is 3.18. The molecule has 0 aliphatic heterocycles. The number of nitro benzene ring substituents is 1. The molecule has 0 spiro atoms. The van der Waals surface area contributed by atoms with Crippen molar-refractivity contribution in [3.8, 4) is 11.8 Å². The Kier molecular flexibility index (Phi) is 5.79. The molecule has 0 saturated heterocycles.